The number of aliphatic hydroxyl groups is 1. The van der Waals surface area contributed by atoms with E-state index in [0.29, 0.717) is 12.0 Å². The van der Waals surface area contributed by atoms with Crippen LogP contribution in [-0.4, -0.2) is 49.3 Å². The molecule has 0 unspecified atom stereocenters. The van der Waals surface area contributed by atoms with Crippen molar-refractivity contribution in [3.8, 4) is 0 Å². The monoisotopic (exact) mass is 254 g/mol. The molecule has 0 saturated heterocycles. The maximum absolute atomic E-state index is 9.33. The predicted molar refractivity (Wildman–Crippen MR) is 75.7 cm³/mol. The Bertz CT molecular complexity index is 233. The van der Waals surface area contributed by atoms with Crippen LogP contribution in [0, 0.1) is 5.41 Å². The van der Waals surface area contributed by atoms with Crippen molar-refractivity contribution in [1.29, 1.82) is 0 Å². The summed E-state index contributed by atoms with van der Waals surface area (Å²) in [6.07, 6.45) is 11.0. The molecule has 0 spiro atoms. The van der Waals surface area contributed by atoms with Crippen LogP contribution >= 0.6 is 0 Å². The van der Waals surface area contributed by atoms with E-state index < -0.39 is 0 Å². The molecule has 2 aliphatic carbocycles. The number of nitrogens with zero attached hydrogens (tertiary/aromatic N) is 1. The molecule has 0 aromatic heterocycles. The van der Waals surface area contributed by atoms with Crippen LogP contribution in [0.3, 0.4) is 0 Å². The Morgan fingerprint density at radius 2 is 1.83 bits per heavy atom. The Morgan fingerprint density at radius 3 is 2.39 bits per heavy atom. The minimum atomic E-state index is 0.312. The minimum absolute atomic E-state index is 0.312. The third-order valence-electron chi connectivity index (χ3n) is 4.98. The Kier molecular flexibility index (Phi) is 5.46. The molecule has 0 aromatic carbocycles. The molecule has 0 atom stereocenters. The fourth-order valence-corrected chi connectivity index (χ4v) is 4.11. The lowest BCUT2D eigenvalue weighted by molar-refractivity contribution is 0.0903. The summed E-state index contributed by atoms with van der Waals surface area (Å²) in [4.78, 5) is 2.59. The molecule has 0 aromatic rings. The van der Waals surface area contributed by atoms with E-state index in [9.17, 15) is 5.11 Å². The van der Waals surface area contributed by atoms with Crippen molar-refractivity contribution >= 4 is 0 Å². The first-order valence-electron chi connectivity index (χ1n) is 7.79. The van der Waals surface area contributed by atoms with Crippen molar-refractivity contribution in [3.05, 3.63) is 0 Å². The van der Waals surface area contributed by atoms with Crippen molar-refractivity contribution in [2.75, 3.05) is 33.3 Å². The van der Waals surface area contributed by atoms with Gasteiger partial charge in [0.15, 0.2) is 0 Å². The van der Waals surface area contributed by atoms with Gasteiger partial charge in [0.2, 0.25) is 0 Å². The number of aliphatic hydroxyl groups excluding tert-OH is 1. The molecule has 18 heavy (non-hydrogen) atoms. The van der Waals surface area contributed by atoms with Crippen LogP contribution < -0.4 is 5.32 Å². The summed E-state index contributed by atoms with van der Waals surface area (Å²) in [6, 6.07) is 0.742. The standard InChI is InChI=1S/C15H30N2O/c1-16-12-15(8-4-5-9-15)13-17(10-11-18)14-6-2-3-7-14/h14,16,18H,2-13H2,1H3. The molecule has 2 saturated carbocycles. The van der Waals surface area contributed by atoms with Crippen molar-refractivity contribution in [3.63, 3.8) is 0 Å². The maximum atomic E-state index is 9.33. The highest BCUT2D eigenvalue weighted by Gasteiger charge is 2.36. The molecule has 0 aliphatic heterocycles. The summed E-state index contributed by atoms with van der Waals surface area (Å²) in [7, 11) is 2.08. The quantitative estimate of drug-likeness (QED) is 0.729. The van der Waals surface area contributed by atoms with E-state index in [0.717, 1.165) is 19.1 Å². The van der Waals surface area contributed by atoms with Crippen LogP contribution in [0.15, 0.2) is 0 Å². The SMILES string of the molecule is CNCC1(CN(CCO)C2CCCC2)CCCC1. The summed E-state index contributed by atoms with van der Waals surface area (Å²) in [5.41, 5.74) is 0.479. The Hall–Kier alpha value is -0.120. The van der Waals surface area contributed by atoms with E-state index in [4.69, 9.17) is 0 Å². The molecule has 2 N–H and O–H groups in total. The second-order valence-corrected chi connectivity index (χ2v) is 6.37. The number of rotatable bonds is 7. The van der Waals surface area contributed by atoms with Crippen molar-refractivity contribution in [2.24, 2.45) is 5.41 Å². The number of nitrogens with one attached hydrogen (secondary N) is 1. The predicted octanol–water partition coefficient (Wildman–Crippen LogP) is 2.00. The summed E-state index contributed by atoms with van der Waals surface area (Å²) < 4.78 is 0. The van der Waals surface area contributed by atoms with E-state index in [2.05, 4.69) is 17.3 Å². The molecular weight excluding hydrogens is 224 g/mol. The molecule has 0 radical (unpaired) electrons. The topological polar surface area (TPSA) is 35.5 Å². The van der Waals surface area contributed by atoms with Crippen molar-refractivity contribution < 1.29 is 5.11 Å². The lowest BCUT2D eigenvalue weighted by Crippen LogP contribution is -2.46. The number of hydrogen-bond acceptors (Lipinski definition) is 3. The smallest absolute Gasteiger partial charge is 0.0558 e. The van der Waals surface area contributed by atoms with Gasteiger partial charge in [0.25, 0.3) is 0 Å². The van der Waals surface area contributed by atoms with E-state index >= 15 is 0 Å². The fraction of sp³-hybridized carbons (Fsp3) is 1.00. The molecule has 3 nitrogen and oxygen atoms in total. The van der Waals surface area contributed by atoms with Gasteiger partial charge in [0.05, 0.1) is 6.61 Å². The van der Waals surface area contributed by atoms with E-state index in [1.165, 1.54) is 57.9 Å². The zero-order valence-electron chi connectivity index (χ0n) is 12.0. The maximum Gasteiger partial charge on any atom is 0.0558 e. The molecule has 2 aliphatic rings. The zero-order valence-corrected chi connectivity index (χ0v) is 12.0. The van der Waals surface area contributed by atoms with Gasteiger partial charge in [0.1, 0.15) is 0 Å². The Labute approximate surface area is 112 Å². The Morgan fingerprint density at radius 1 is 1.17 bits per heavy atom. The average molecular weight is 254 g/mol. The summed E-state index contributed by atoms with van der Waals surface area (Å²) in [5.74, 6) is 0. The highest BCUT2D eigenvalue weighted by molar-refractivity contribution is 4.91. The van der Waals surface area contributed by atoms with Crippen LogP contribution in [0.4, 0.5) is 0 Å². The molecule has 0 amide bonds. The van der Waals surface area contributed by atoms with Crippen LogP contribution in [-0.2, 0) is 0 Å². The first-order chi connectivity index (χ1) is 8.79. The van der Waals surface area contributed by atoms with Gasteiger partial charge in [-0.25, -0.2) is 0 Å². The van der Waals surface area contributed by atoms with Gasteiger partial charge in [0, 0.05) is 25.7 Å². The minimum Gasteiger partial charge on any atom is -0.395 e. The lowest BCUT2D eigenvalue weighted by Gasteiger charge is -2.38. The number of hydrogen-bond donors (Lipinski definition) is 2. The van der Waals surface area contributed by atoms with Gasteiger partial charge in [-0.15, -0.1) is 0 Å². The van der Waals surface area contributed by atoms with Gasteiger partial charge in [-0.05, 0) is 38.1 Å². The largest absolute Gasteiger partial charge is 0.395 e. The second-order valence-electron chi connectivity index (χ2n) is 6.37. The average Bonchev–Trinajstić information content (AvgIpc) is 3.00. The third-order valence-corrected chi connectivity index (χ3v) is 4.98. The van der Waals surface area contributed by atoms with Crippen molar-refractivity contribution in [2.45, 2.75) is 57.4 Å². The first kappa shape index (κ1) is 14.3. The normalized spacial score (nSPS) is 24.2. The fourth-order valence-electron chi connectivity index (χ4n) is 4.11. The first-order valence-corrected chi connectivity index (χ1v) is 7.79. The van der Waals surface area contributed by atoms with Crippen LogP contribution in [0.2, 0.25) is 0 Å². The van der Waals surface area contributed by atoms with Crippen LogP contribution in [0.5, 0.6) is 0 Å². The third kappa shape index (κ3) is 3.46. The zero-order chi connectivity index (χ0) is 12.8. The highest BCUT2D eigenvalue weighted by Crippen LogP contribution is 2.39. The highest BCUT2D eigenvalue weighted by atomic mass is 16.3. The molecule has 0 bridgehead atoms. The van der Waals surface area contributed by atoms with Gasteiger partial charge < -0.3 is 10.4 Å². The van der Waals surface area contributed by atoms with Gasteiger partial charge >= 0.3 is 0 Å². The summed E-state index contributed by atoms with van der Waals surface area (Å²) in [5, 5.41) is 12.7. The van der Waals surface area contributed by atoms with E-state index in [1.807, 2.05) is 0 Å². The molecule has 106 valence electrons. The van der Waals surface area contributed by atoms with E-state index in [1.54, 1.807) is 0 Å². The molecule has 2 fully saturated rings. The van der Waals surface area contributed by atoms with Gasteiger partial charge in [-0.1, -0.05) is 25.7 Å². The molecule has 3 heteroatoms. The molecule has 2 rings (SSSR count). The van der Waals surface area contributed by atoms with Crippen LogP contribution in [0.1, 0.15) is 51.4 Å². The molecular formula is C15H30N2O. The molecule has 0 heterocycles. The lowest BCUT2D eigenvalue weighted by atomic mass is 9.85. The van der Waals surface area contributed by atoms with Gasteiger partial charge in [-0.3, -0.25) is 4.90 Å². The summed E-state index contributed by atoms with van der Waals surface area (Å²) >= 11 is 0. The van der Waals surface area contributed by atoms with Gasteiger partial charge in [-0.2, -0.15) is 0 Å². The van der Waals surface area contributed by atoms with Crippen molar-refractivity contribution in [1.82, 2.24) is 10.2 Å². The van der Waals surface area contributed by atoms with Crippen LogP contribution in [0.25, 0.3) is 0 Å². The Balaban J connectivity index is 1.96. The summed E-state index contributed by atoms with van der Waals surface area (Å²) in [6.45, 7) is 3.52. The second kappa shape index (κ2) is 6.88. The van der Waals surface area contributed by atoms with E-state index in [-0.39, 0.29) is 0 Å².